The van der Waals surface area contributed by atoms with Gasteiger partial charge in [-0.3, -0.25) is 14.6 Å². The van der Waals surface area contributed by atoms with E-state index in [1.165, 1.54) is 6.20 Å². The molecule has 1 saturated heterocycles. The minimum absolute atomic E-state index is 0. The third-order valence-electron chi connectivity index (χ3n) is 5.92. The molecular weight excluding hydrogens is 463 g/mol. The number of rotatable bonds is 6. The molecule has 0 spiro atoms. The molecule has 3 aromatic rings. The van der Waals surface area contributed by atoms with Crippen LogP contribution in [0.5, 0.6) is 0 Å². The number of alkyl halides is 3. The number of hydrogen-bond donors (Lipinski definition) is 3. The summed E-state index contributed by atoms with van der Waals surface area (Å²) in [5.41, 5.74) is 3.11. The number of amides is 1. The van der Waals surface area contributed by atoms with Crippen molar-refractivity contribution in [3.63, 3.8) is 0 Å². The molecule has 0 unspecified atom stereocenters. The molecule has 1 amide bonds. The van der Waals surface area contributed by atoms with E-state index in [1.54, 1.807) is 6.20 Å². The third kappa shape index (κ3) is 4.83. The van der Waals surface area contributed by atoms with Crippen LogP contribution in [0, 0.1) is 26.2 Å². The predicted molar refractivity (Wildman–Crippen MR) is 123 cm³/mol. The van der Waals surface area contributed by atoms with Gasteiger partial charge in [-0.05, 0) is 20.8 Å². The summed E-state index contributed by atoms with van der Waals surface area (Å²) in [6, 6.07) is -1.99. The molecule has 1 aliphatic rings. The lowest BCUT2D eigenvalue weighted by atomic mass is 9.86. The van der Waals surface area contributed by atoms with Gasteiger partial charge in [0.1, 0.15) is 23.1 Å². The quantitative estimate of drug-likeness (QED) is 0.452. The van der Waals surface area contributed by atoms with Crippen molar-refractivity contribution in [2.24, 2.45) is 0 Å². The Bertz CT molecular complexity index is 1210. The first kappa shape index (κ1) is 25.7. The summed E-state index contributed by atoms with van der Waals surface area (Å²) in [7, 11) is 0. The first-order valence-electron chi connectivity index (χ1n) is 10.5. The Kier molecular flexibility index (Phi) is 6.89. The summed E-state index contributed by atoms with van der Waals surface area (Å²) in [5.74, 6) is 2.26. The zero-order valence-corrected chi connectivity index (χ0v) is 19.5. The van der Waals surface area contributed by atoms with Gasteiger partial charge in [-0.25, -0.2) is 9.97 Å². The average molecular weight is 490 g/mol. The summed E-state index contributed by atoms with van der Waals surface area (Å²) >= 11 is 0. The van der Waals surface area contributed by atoms with Crippen molar-refractivity contribution in [3.8, 4) is 23.5 Å². The van der Waals surface area contributed by atoms with Gasteiger partial charge < -0.3 is 16.4 Å². The maximum absolute atomic E-state index is 12.7. The number of halogens is 3. The van der Waals surface area contributed by atoms with Gasteiger partial charge in [-0.2, -0.15) is 23.4 Å². The van der Waals surface area contributed by atoms with Gasteiger partial charge in [0.05, 0.1) is 24.3 Å². The number of anilines is 1. The maximum Gasteiger partial charge on any atom is 0.408 e. The van der Waals surface area contributed by atoms with Crippen LogP contribution >= 0.6 is 0 Å². The molecule has 0 bridgehead atoms. The van der Waals surface area contributed by atoms with Gasteiger partial charge in [-0.15, -0.1) is 12.3 Å². The second-order valence-corrected chi connectivity index (χ2v) is 8.44. The highest BCUT2D eigenvalue weighted by atomic mass is 19.4. The lowest BCUT2D eigenvalue weighted by molar-refractivity contribution is -0.149. The zero-order valence-electron chi connectivity index (χ0n) is 19.5. The first-order valence-corrected chi connectivity index (χ1v) is 10.5. The van der Waals surface area contributed by atoms with Crippen molar-refractivity contribution in [1.82, 2.24) is 41.4 Å². The molecule has 4 rings (SSSR count). The lowest BCUT2D eigenvalue weighted by Crippen LogP contribution is -2.63. The molecule has 10 nitrogen and oxygen atoms in total. The van der Waals surface area contributed by atoms with E-state index in [2.05, 4.69) is 31.2 Å². The lowest BCUT2D eigenvalue weighted by Gasteiger charge is -2.49. The van der Waals surface area contributed by atoms with Crippen molar-refractivity contribution in [3.05, 3.63) is 41.9 Å². The van der Waals surface area contributed by atoms with Gasteiger partial charge in [0.25, 0.3) is 5.91 Å². The van der Waals surface area contributed by atoms with Crippen LogP contribution in [0.1, 0.15) is 35.2 Å². The van der Waals surface area contributed by atoms with Crippen molar-refractivity contribution in [2.45, 2.75) is 44.9 Å². The molecule has 0 radical (unpaired) electrons. The van der Waals surface area contributed by atoms with Crippen molar-refractivity contribution >= 4 is 11.7 Å². The van der Waals surface area contributed by atoms with E-state index >= 15 is 0 Å². The standard InChI is InChI=1S/C22H23F3N8O.H3N/c1-5-6-21(33-10-16(7-28-33)19-13(2)30-31-14(19)3)11-32(12-21)18-9-26-17(8-27-18)20(34)29-15(4)22(23,24)25;/h1,7-10,15H,6,11-12H2,2-4H3,(H,29,34)(H,30,31);1H3/t15-;/m0./s1. The summed E-state index contributed by atoms with van der Waals surface area (Å²) in [6.45, 7) is 5.74. The van der Waals surface area contributed by atoms with Gasteiger partial charge >= 0.3 is 6.18 Å². The molecule has 0 saturated carbocycles. The van der Waals surface area contributed by atoms with Crippen LogP contribution in [0.3, 0.4) is 0 Å². The number of H-pyrrole nitrogens is 1. The minimum Gasteiger partial charge on any atom is -0.350 e. The van der Waals surface area contributed by atoms with Crippen LogP contribution in [0.2, 0.25) is 0 Å². The number of nitrogens with zero attached hydrogens (tertiary/aromatic N) is 6. The second kappa shape index (κ2) is 9.38. The van der Waals surface area contributed by atoms with Crippen LogP contribution in [0.4, 0.5) is 19.0 Å². The highest BCUT2D eigenvalue weighted by Gasteiger charge is 2.46. The number of aromatic amines is 1. The predicted octanol–water partition coefficient (Wildman–Crippen LogP) is 2.76. The fourth-order valence-electron chi connectivity index (χ4n) is 4.00. The van der Waals surface area contributed by atoms with E-state index in [-0.39, 0.29) is 11.8 Å². The van der Waals surface area contributed by atoms with E-state index in [1.807, 2.05) is 34.9 Å². The number of aromatic nitrogens is 6. The molecule has 186 valence electrons. The Morgan fingerprint density at radius 2 is 2.00 bits per heavy atom. The first-order chi connectivity index (χ1) is 16.0. The Balaban J connectivity index is 0.00000342. The van der Waals surface area contributed by atoms with Crippen LogP contribution in [0.15, 0.2) is 24.8 Å². The van der Waals surface area contributed by atoms with Crippen LogP contribution < -0.4 is 16.4 Å². The molecule has 0 aromatic carbocycles. The van der Waals surface area contributed by atoms with Crippen LogP contribution in [-0.2, 0) is 5.54 Å². The summed E-state index contributed by atoms with van der Waals surface area (Å²) in [4.78, 5) is 22.1. The summed E-state index contributed by atoms with van der Waals surface area (Å²) in [6.07, 6.45) is 7.79. The van der Waals surface area contributed by atoms with E-state index < -0.39 is 23.7 Å². The van der Waals surface area contributed by atoms with E-state index in [4.69, 9.17) is 6.42 Å². The fourth-order valence-corrected chi connectivity index (χ4v) is 4.00. The van der Waals surface area contributed by atoms with Crippen molar-refractivity contribution in [2.75, 3.05) is 18.0 Å². The molecule has 5 N–H and O–H groups in total. The summed E-state index contributed by atoms with van der Waals surface area (Å²) in [5, 5.41) is 13.6. The highest BCUT2D eigenvalue weighted by Crippen LogP contribution is 2.36. The Morgan fingerprint density at radius 3 is 2.54 bits per heavy atom. The van der Waals surface area contributed by atoms with E-state index in [0.29, 0.717) is 25.3 Å². The topological polar surface area (TPSA) is 140 Å². The van der Waals surface area contributed by atoms with Crippen LogP contribution in [0.25, 0.3) is 11.1 Å². The molecule has 4 heterocycles. The molecule has 3 aromatic heterocycles. The van der Waals surface area contributed by atoms with Gasteiger partial charge in [0.2, 0.25) is 0 Å². The fraction of sp³-hybridized carbons (Fsp3) is 0.409. The SMILES string of the molecule is C#CCC1(n2cc(-c3c(C)n[nH]c3C)cn2)CN(c2cnc(C(=O)N[C@@H](C)C(F)(F)F)cn2)C1.N. The molecule has 1 aliphatic heterocycles. The number of terminal acetylenes is 1. The van der Waals surface area contributed by atoms with Gasteiger partial charge in [0.15, 0.2) is 0 Å². The van der Waals surface area contributed by atoms with Crippen LogP contribution in [-0.4, -0.2) is 61.2 Å². The number of carbonyl (C=O) groups excluding carboxylic acids is 1. The molecular formula is C22H26F3N9O. The second-order valence-electron chi connectivity index (χ2n) is 8.44. The van der Waals surface area contributed by atoms with E-state index in [9.17, 15) is 18.0 Å². The minimum atomic E-state index is -4.54. The molecule has 1 fully saturated rings. The summed E-state index contributed by atoms with van der Waals surface area (Å²) < 4.78 is 39.8. The van der Waals surface area contributed by atoms with Gasteiger partial charge in [0, 0.05) is 42.5 Å². The van der Waals surface area contributed by atoms with Crippen molar-refractivity contribution in [1.29, 1.82) is 0 Å². The monoisotopic (exact) mass is 489 g/mol. The third-order valence-corrected chi connectivity index (χ3v) is 5.92. The normalized spacial score (nSPS) is 15.5. The maximum atomic E-state index is 12.7. The highest BCUT2D eigenvalue weighted by molar-refractivity contribution is 5.92. The number of carbonyl (C=O) groups is 1. The largest absolute Gasteiger partial charge is 0.408 e. The van der Waals surface area contributed by atoms with Gasteiger partial charge in [-0.1, -0.05) is 0 Å². The Morgan fingerprint density at radius 1 is 1.29 bits per heavy atom. The Labute approximate surface area is 199 Å². The zero-order chi connectivity index (χ0) is 24.7. The number of nitrogens with one attached hydrogen (secondary N) is 2. The van der Waals surface area contributed by atoms with E-state index in [0.717, 1.165) is 35.6 Å². The smallest absolute Gasteiger partial charge is 0.350 e. The average Bonchev–Trinajstić information content (AvgIpc) is 3.36. The molecule has 0 aliphatic carbocycles. The molecule has 35 heavy (non-hydrogen) atoms. The Hall–Kier alpha value is -3.92. The molecule has 13 heteroatoms. The molecule has 1 atom stereocenters. The van der Waals surface area contributed by atoms with Crippen molar-refractivity contribution < 1.29 is 18.0 Å². The number of hydrogen-bond acceptors (Lipinski definition) is 7. The number of aryl methyl sites for hydroxylation is 2.